The summed E-state index contributed by atoms with van der Waals surface area (Å²) in [5, 5.41) is 0. The molecular formula is C14H24O4. The molecule has 4 heteroatoms. The fourth-order valence-corrected chi connectivity index (χ4v) is 1.96. The Morgan fingerprint density at radius 1 is 1.06 bits per heavy atom. The van der Waals surface area contributed by atoms with Crippen molar-refractivity contribution in [1.29, 1.82) is 0 Å². The maximum absolute atomic E-state index is 11.5. The second kappa shape index (κ2) is 8.11. The molecule has 1 saturated carbocycles. The molecular weight excluding hydrogens is 232 g/mol. The van der Waals surface area contributed by atoms with Gasteiger partial charge in [-0.3, -0.25) is 9.59 Å². The number of hydrogen-bond donors (Lipinski definition) is 0. The topological polar surface area (TPSA) is 52.6 Å². The number of ether oxygens (including phenoxy) is 2. The number of esters is 2. The molecule has 1 fully saturated rings. The van der Waals surface area contributed by atoms with Gasteiger partial charge in [0, 0.05) is 0 Å². The molecule has 18 heavy (non-hydrogen) atoms. The van der Waals surface area contributed by atoms with Gasteiger partial charge in [0.15, 0.2) is 0 Å². The van der Waals surface area contributed by atoms with E-state index in [1.54, 1.807) is 0 Å². The van der Waals surface area contributed by atoms with Crippen LogP contribution in [0.25, 0.3) is 0 Å². The molecule has 0 N–H and O–H groups in total. The average Bonchev–Trinajstić information content (AvgIpc) is 2.35. The maximum Gasteiger partial charge on any atom is 0.306 e. The van der Waals surface area contributed by atoms with Crippen molar-refractivity contribution in [3.8, 4) is 0 Å². The van der Waals surface area contributed by atoms with E-state index in [0.717, 1.165) is 25.7 Å². The Morgan fingerprint density at radius 3 is 2.28 bits per heavy atom. The van der Waals surface area contributed by atoms with Crippen LogP contribution in [0.5, 0.6) is 0 Å². The highest BCUT2D eigenvalue weighted by Crippen LogP contribution is 2.20. The summed E-state index contributed by atoms with van der Waals surface area (Å²) in [6, 6.07) is 0. The molecule has 0 aromatic heterocycles. The van der Waals surface area contributed by atoms with Gasteiger partial charge < -0.3 is 9.47 Å². The van der Waals surface area contributed by atoms with Crippen molar-refractivity contribution in [2.45, 2.75) is 64.9 Å². The van der Waals surface area contributed by atoms with Gasteiger partial charge >= 0.3 is 11.9 Å². The summed E-state index contributed by atoms with van der Waals surface area (Å²) >= 11 is 0. The fraction of sp³-hybridized carbons (Fsp3) is 0.857. The molecule has 0 saturated heterocycles. The van der Waals surface area contributed by atoms with Gasteiger partial charge in [-0.2, -0.15) is 0 Å². The van der Waals surface area contributed by atoms with Crippen LogP contribution in [0.1, 0.15) is 58.8 Å². The predicted molar refractivity (Wildman–Crippen MR) is 68.0 cm³/mol. The van der Waals surface area contributed by atoms with Crippen LogP contribution in [0.2, 0.25) is 0 Å². The van der Waals surface area contributed by atoms with E-state index in [9.17, 15) is 9.59 Å². The minimum Gasteiger partial charge on any atom is -0.465 e. The zero-order valence-corrected chi connectivity index (χ0v) is 11.4. The number of carbonyl (C=O) groups is 2. The molecule has 1 rings (SSSR count). The molecule has 0 aromatic carbocycles. The average molecular weight is 256 g/mol. The highest BCUT2D eigenvalue weighted by atomic mass is 16.5. The van der Waals surface area contributed by atoms with Crippen molar-refractivity contribution < 1.29 is 19.1 Å². The second-order valence-corrected chi connectivity index (χ2v) is 5.33. The molecule has 0 atom stereocenters. The molecule has 0 amide bonds. The molecule has 0 aromatic rings. The van der Waals surface area contributed by atoms with E-state index in [4.69, 9.17) is 9.47 Å². The number of hydrogen-bond acceptors (Lipinski definition) is 4. The first kappa shape index (κ1) is 15.0. The van der Waals surface area contributed by atoms with Crippen molar-refractivity contribution in [3.05, 3.63) is 0 Å². The molecule has 0 spiro atoms. The van der Waals surface area contributed by atoms with E-state index in [1.807, 2.05) is 13.8 Å². The normalized spacial score (nSPS) is 16.6. The van der Waals surface area contributed by atoms with Crippen LogP contribution in [0.15, 0.2) is 0 Å². The highest BCUT2D eigenvalue weighted by molar-refractivity contribution is 5.77. The Bertz CT molecular complexity index is 267. The van der Waals surface area contributed by atoms with Gasteiger partial charge in [-0.1, -0.05) is 20.3 Å². The van der Waals surface area contributed by atoms with Gasteiger partial charge in [0.2, 0.25) is 0 Å². The lowest BCUT2D eigenvalue weighted by Crippen LogP contribution is -2.21. The molecule has 0 heterocycles. The SMILES string of the molecule is CC(C)COC(=O)CCC(=O)OC1CCCCC1. The number of rotatable bonds is 6. The van der Waals surface area contributed by atoms with Crippen molar-refractivity contribution in [2.75, 3.05) is 6.61 Å². The van der Waals surface area contributed by atoms with Crippen LogP contribution in [0, 0.1) is 5.92 Å². The first-order chi connectivity index (χ1) is 8.58. The third kappa shape index (κ3) is 6.62. The lowest BCUT2D eigenvalue weighted by atomic mass is 9.98. The van der Waals surface area contributed by atoms with E-state index >= 15 is 0 Å². The second-order valence-electron chi connectivity index (χ2n) is 5.33. The van der Waals surface area contributed by atoms with E-state index in [2.05, 4.69) is 0 Å². The van der Waals surface area contributed by atoms with E-state index in [1.165, 1.54) is 6.42 Å². The first-order valence-electron chi connectivity index (χ1n) is 6.93. The van der Waals surface area contributed by atoms with Gasteiger partial charge in [-0.15, -0.1) is 0 Å². The molecule has 0 aliphatic heterocycles. The molecule has 104 valence electrons. The van der Waals surface area contributed by atoms with Crippen LogP contribution in [0.4, 0.5) is 0 Å². The summed E-state index contributed by atoms with van der Waals surface area (Å²) in [4.78, 5) is 22.8. The summed E-state index contributed by atoms with van der Waals surface area (Å²) < 4.78 is 10.3. The van der Waals surface area contributed by atoms with Gasteiger partial charge in [0.25, 0.3) is 0 Å². The Kier molecular flexibility index (Phi) is 6.76. The third-order valence-corrected chi connectivity index (χ3v) is 2.96. The van der Waals surface area contributed by atoms with Crippen molar-refractivity contribution in [3.63, 3.8) is 0 Å². The zero-order chi connectivity index (χ0) is 13.4. The van der Waals surface area contributed by atoms with Crippen molar-refractivity contribution >= 4 is 11.9 Å². The summed E-state index contributed by atoms with van der Waals surface area (Å²) in [5.41, 5.74) is 0. The minimum atomic E-state index is -0.315. The zero-order valence-electron chi connectivity index (χ0n) is 11.4. The largest absolute Gasteiger partial charge is 0.465 e. The number of carbonyl (C=O) groups excluding carboxylic acids is 2. The standard InChI is InChI=1S/C14H24O4/c1-11(2)10-17-13(15)8-9-14(16)18-12-6-4-3-5-7-12/h11-12H,3-10H2,1-2H3. The molecule has 0 bridgehead atoms. The first-order valence-corrected chi connectivity index (χ1v) is 6.93. The minimum absolute atomic E-state index is 0.0675. The van der Waals surface area contributed by atoms with Crippen LogP contribution in [-0.2, 0) is 19.1 Å². The van der Waals surface area contributed by atoms with Crippen molar-refractivity contribution in [2.24, 2.45) is 5.92 Å². The van der Waals surface area contributed by atoms with Crippen LogP contribution in [-0.4, -0.2) is 24.6 Å². The van der Waals surface area contributed by atoms with Gasteiger partial charge in [0.05, 0.1) is 19.4 Å². The Hall–Kier alpha value is -1.06. The van der Waals surface area contributed by atoms with Crippen LogP contribution in [0.3, 0.4) is 0 Å². The Morgan fingerprint density at radius 2 is 1.67 bits per heavy atom. The molecule has 1 aliphatic rings. The molecule has 0 radical (unpaired) electrons. The predicted octanol–water partition coefficient (Wildman–Crippen LogP) is 2.84. The van der Waals surface area contributed by atoms with Gasteiger partial charge in [0.1, 0.15) is 6.10 Å². The lowest BCUT2D eigenvalue weighted by molar-refractivity contribution is -0.155. The lowest BCUT2D eigenvalue weighted by Gasteiger charge is -2.21. The summed E-state index contributed by atoms with van der Waals surface area (Å²) in [6.07, 6.45) is 5.75. The summed E-state index contributed by atoms with van der Waals surface area (Å²) in [7, 11) is 0. The van der Waals surface area contributed by atoms with Gasteiger partial charge in [-0.25, -0.2) is 0 Å². The van der Waals surface area contributed by atoms with E-state index in [-0.39, 0.29) is 30.9 Å². The van der Waals surface area contributed by atoms with Gasteiger partial charge in [-0.05, 0) is 31.6 Å². The smallest absolute Gasteiger partial charge is 0.306 e. The van der Waals surface area contributed by atoms with Crippen LogP contribution < -0.4 is 0 Å². The summed E-state index contributed by atoms with van der Waals surface area (Å²) in [6.45, 7) is 4.37. The monoisotopic (exact) mass is 256 g/mol. The maximum atomic E-state index is 11.5. The van der Waals surface area contributed by atoms with E-state index < -0.39 is 0 Å². The Labute approximate surface area is 109 Å². The molecule has 0 unspecified atom stereocenters. The fourth-order valence-electron chi connectivity index (χ4n) is 1.96. The Balaban J connectivity index is 2.10. The molecule has 1 aliphatic carbocycles. The van der Waals surface area contributed by atoms with E-state index in [0.29, 0.717) is 12.5 Å². The quantitative estimate of drug-likeness (QED) is 0.686. The molecule has 4 nitrogen and oxygen atoms in total. The highest BCUT2D eigenvalue weighted by Gasteiger charge is 2.18. The van der Waals surface area contributed by atoms with Crippen molar-refractivity contribution in [1.82, 2.24) is 0 Å². The van der Waals surface area contributed by atoms with Crippen LogP contribution >= 0.6 is 0 Å². The summed E-state index contributed by atoms with van der Waals surface area (Å²) in [5.74, 6) is -0.268. The third-order valence-electron chi connectivity index (χ3n) is 2.96.